The molecule has 1 heterocycles. The normalized spacial score (nSPS) is 18.8. The summed E-state index contributed by atoms with van der Waals surface area (Å²) >= 11 is 0. The number of carbonyl (C=O) groups excluding carboxylic acids is 1. The molecule has 1 aromatic rings. The van der Waals surface area contributed by atoms with Gasteiger partial charge in [0.15, 0.2) is 9.84 Å². The van der Waals surface area contributed by atoms with Crippen molar-refractivity contribution in [3.05, 3.63) is 30.3 Å². The smallest absolute Gasteiger partial charge is 0.410 e. The predicted molar refractivity (Wildman–Crippen MR) is 123 cm³/mol. The van der Waals surface area contributed by atoms with Gasteiger partial charge in [-0.1, -0.05) is 37.5 Å². The first-order chi connectivity index (χ1) is 14.5. The zero-order chi connectivity index (χ0) is 22.9. The molecule has 176 valence electrons. The molecule has 0 spiro atoms. The third kappa shape index (κ3) is 10.0. The highest BCUT2D eigenvalue weighted by molar-refractivity contribution is 7.90. The Labute approximate surface area is 188 Å². The molecule has 1 amide bonds. The quantitative estimate of drug-likeness (QED) is 0.636. The van der Waals surface area contributed by atoms with Gasteiger partial charge in [-0.2, -0.15) is 0 Å². The Morgan fingerprint density at radius 2 is 1.58 bits per heavy atom. The first-order valence-corrected chi connectivity index (χ1v) is 13.3. The van der Waals surface area contributed by atoms with Crippen molar-refractivity contribution < 1.29 is 22.7 Å². The van der Waals surface area contributed by atoms with Crippen molar-refractivity contribution in [3.8, 4) is 0 Å². The minimum absolute atomic E-state index is 0.172. The van der Waals surface area contributed by atoms with Crippen LogP contribution in [0.1, 0.15) is 65.7 Å². The van der Waals surface area contributed by atoms with E-state index >= 15 is 0 Å². The van der Waals surface area contributed by atoms with E-state index in [9.17, 15) is 13.2 Å². The van der Waals surface area contributed by atoms with E-state index in [0.717, 1.165) is 32.5 Å². The van der Waals surface area contributed by atoms with E-state index in [-0.39, 0.29) is 6.09 Å². The van der Waals surface area contributed by atoms with Crippen LogP contribution in [0.5, 0.6) is 0 Å². The van der Waals surface area contributed by atoms with Crippen LogP contribution in [0, 0.1) is 5.92 Å². The van der Waals surface area contributed by atoms with Crippen molar-refractivity contribution in [2.45, 2.75) is 82.3 Å². The van der Waals surface area contributed by atoms with E-state index in [4.69, 9.17) is 9.47 Å². The number of ether oxygens (including phenoxy) is 2. The van der Waals surface area contributed by atoms with E-state index in [0.29, 0.717) is 16.9 Å². The Bertz CT molecular complexity index is 759. The molecule has 0 N–H and O–H groups in total. The first-order valence-electron chi connectivity index (χ1n) is 11.4. The second kappa shape index (κ2) is 11.9. The van der Waals surface area contributed by atoms with Crippen molar-refractivity contribution in [2.24, 2.45) is 5.92 Å². The molecule has 1 saturated carbocycles. The maximum absolute atomic E-state index is 12.0. The molecule has 2 fully saturated rings. The fourth-order valence-corrected chi connectivity index (χ4v) is 4.43. The molecular formula is C24H39NO5S. The number of piperidine rings is 1. The monoisotopic (exact) mass is 453 g/mol. The molecule has 1 aliphatic heterocycles. The lowest BCUT2D eigenvalue weighted by Crippen LogP contribution is -2.42. The van der Waals surface area contributed by atoms with Crippen LogP contribution in [0.2, 0.25) is 0 Å². The summed E-state index contributed by atoms with van der Waals surface area (Å²) in [5.74, 6) is 0.602. The molecule has 2 aliphatic rings. The van der Waals surface area contributed by atoms with Crippen molar-refractivity contribution >= 4 is 15.9 Å². The van der Waals surface area contributed by atoms with Gasteiger partial charge in [-0.25, -0.2) is 13.2 Å². The number of amides is 1. The number of nitrogens with zero attached hydrogens (tertiary/aromatic N) is 1. The molecule has 0 bridgehead atoms. The summed E-state index contributed by atoms with van der Waals surface area (Å²) in [4.78, 5) is 14.2. The first kappa shape index (κ1) is 25.7. The summed E-state index contributed by atoms with van der Waals surface area (Å²) in [5, 5.41) is 0. The van der Waals surface area contributed by atoms with Gasteiger partial charge in [0.1, 0.15) is 5.60 Å². The molecule has 0 atom stereocenters. The number of carbonyl (C=O) groups is 1. The van der Waals surface area contributed by atoms with E-state index < -0.39 is 15.4 Å². The highest BCUT2D eigenvalue weighted by Crippen LogP contribution is 2.24. The molecule has 7 heteroatoms. The average molecular weight is 454 g/mol. The molecule has 1 saturated heterocycles. The zero-order valence-electron chi connectivity index (χ0n) is 19.5. The largest absolute Gasteiger partial charge is 0.444 e. The Morgan fingerprint density at radius 1 is 1.00 bits per heavy atom. The van der Waals surface area contributed by atoms with Crippen molar-refractivity contribution in [2.75, 3.05) is 26.0 Å². The fourth-order valence-electron chi connectivity index (χ4n) is 3.78. The minimum Gasteiger partial charge on any atom is -0.444 e. The molecular weight excluding hydrogens is 414 g/mol. The third-order valence-electron chi connectivity index (χ3n) is 5.56. The van der Waals surface area contributed by atoms with Crippen molar-refractivity contribution in [1.82, 2.24) is 4.90 Å². The highest BCUT2D eigenvalue weighted by Gasteiger charge is 2.27. The number of rotatable bonds is 4. The topological polar surface area (TPSA) is 72.9 Å². The van der Waals surface area contributed by atoms with Gasteiger partial charge in [-0.05, 0) is 64.5 Å². The highest BCUT2D eigenvalue weighted by atomic mass is 32.2. The van der Waals surface area contributed by atoms with E-state index in [2.05, 4.69) is 0 Å². The summed E-state index contributed by atoms with van der Waals surface area (Å²) in [6.07, 6.45) is 10.1. The van der Waals surface area contributed by atoms with Gasteiger partial charge in [0.25, 0.3) is 0 Å². The molecule has 0 unspecified atom stereocenters. The lowest BCUT2D eigenvalue weighted by atomic mass is 9.96. The summed E-state index contributed by atoms with van der Waals surface area (Å²) in [6.45, 7) is 8.20. The standard InChI is InChI=1S/C17H31NO3.C7H8O2S/c1-17(2,3)21-16(19)18-11-9-14(10-12-18)13-20-15-7-5-4-6-8-15;1-10(8,9)7-5-3-2-4-6-7/h14-15H,4-13H2,1-3H3;2-6H,1H3. The maximum Gasteiger partial charge on any atom is 0.410 e. The Balaban J connectivity index is 0.000000285. The van der Waals surface area contributed by atoms with Crippen molar-refractivity contribution in [1.29, 1.82) is 0 Å². The third-order valence-corrected chi connectivity index (χ3v) is 6.69. The van der Waals surface area contributed by atoms with Crippen LogP contribution in [-0.2, 0) is 19.3 Å². The second-order valence-corrected chi connectivity index (χ2v) is 11.6. The van der Waals surface area contributed by atoms with Crippen LogP contribution < -0.4 is 0 Å². The van der Waals surface area contributed by atoms with Crippen LogP contribution in [-0.4, -0.2) is 57.1 Å². The number of hydrogen-bond donors (Lipinski definition) is 0. The van der Waals surface area contributed by atoms with E-state index in [1.807, 2.05) is 25.7 Å². The maximum atomic E-state index is 12.0. The van der Waals surface area contributed by atoms with Gasteiger partial charge in [-0.15, -0.1) is 0 Å². The Hall–Kier alpha value is -1.60. The van der Waals surface area contributed by atoms with E-state index in [1.165, 1.54) is 38.4 Å². The molecule has 1 aliphatic carbocycles. The number of hydrogen-bond acceptors (Lipinski definition) is 5. The number of likely N-dealkylation sites (tertiary alicyclic amines) is 1. The molecule has 6 nitrogen and oxygen atoms in total. The summed E-state index contributed by atoms with van der Waals surface area (Å²) < 4.78 is 33.2. The van der Waals surface area contributed by atoms with Crippen LogP contribution in [0.25, 0.3) is 0 Å². The fraction of sp³-hybridized carbons (Fsp3) is 0.708. The van der Waals surface area contributed by atoms with Crippen LogP contribution >= 0.6 is 0 Å². The van der Waals surface area contributed by atoms with Crippen LogP contribution in [0.3, 0.4) is 0 Å². The average Bonchev–Trinajstić information content (AvgIpc) is 2.73. The number of benzene rings is 1. The molecule has 3 rings (SSSR count). The van der Waals surface area contributed by atoms with Gasteiger partial charge in [0, 0.05) is 26.0 Å². The van der Waals surface area contributed by atoms with Gasteiger partial charge in [0.2, 0.25) is 0 Å². The Kier molecular flexibility index (Phi) is 9.82. The second-order valence-electron chi connectivity index (χ2n) is 9.59. The van der Waals surface area contributed by atoms with Gasteiger partial charge in [0.05, 0.1) is 11.0 Å². The minimum atomic E-state index is -3.00. The Morgan fingerprint density at radius 3 is 2.06 bits per heavy atom. The van der Waals surface area contributed by atoms with Gasteiger partial charge < -0.3 is 14.4 Å². The summed E-state index contributed by atoms with van der Waals surface area (Å²) in [5.41, 5.74) is -0.405. The molecule has 0 aromatic heterocycles. The van der Waals surface area contributed by atoms with E-state index in [1.54, 1.807) is 30.3 Å². The van der Waals surface area contributed by atoms with Gasteiger partial charge in [-0.3, -0.25) is 0 Å². The van der Waals surface area contributed by atoms with Crippen LogP contribution in [0.4, 0.5) is 4.79 Å². The predicted octanol–water partition coefficient (Wildman–Crippen LogP) is 5.07. The number of sulfone groups is 1. The van der Waals surface area contributed by atoms with Gasteiger partial charge >= 0.3 is 6.09 Å². The SMILES string of the molecule is CC(C)(C)OC(=O)N1CCC(COC2CCCCC2)CC1.CS(=O)(=O)c1ccccc1. The molecule has 31 heavy (non-hydrogen) atoms. The molecule has 0 radical (unpaired) electrons. The zero-order valence-corrected chi connectivity index (χ0v) is 20.3. The summed E-state index contributed by atoms with van der Waals surface area (Å²) in [6, 6.07) is 8.35. The lowest BCUT2D eigenvalue weighted by Gasteiger charge is -2.34. The molecule has 1 aromatic carbocycles. The lowest BCUT2D eigenvalue weighted by molar-refractivity contribution is -0.0125. The summed E-state index contributed by atoms with van der Waals surface area (Å²) in [7, 11) is -3.00. The van der Waals surface area contributed by atoms with Crippen LogP contribution in [0.15, 0.2) is 35.2 Å². The van der Waals surface area contributed by atoms with Crippen molar-refractivity contribution in [3.63, 3.8) is 0 Å².